The minimum Gasteiger partial charge on any atom is -0.393 e. The first kappa shape index (κ1) is 9.52. The molecule has 0 aliphatic carbocycles. The van der Waals surface area contributed by atoms with E-state index in [2.05, 4.69) is 10.3 Å². The molecule has 1 heterocycles. The van der Waals surface area contributed by atoms with Crippen LogP contribution in [0.15, 0.2) is 4.99 Å². The Balaban J connectivity index is 2.01. The topological polar surface area (TPSA) is 44.6 Å². The molecule has 0 amide bonds. The van der Waals surface area contributed by atoms with Crippen LogP contribution in [0.2, 0.25) is 0 Å². The lowest BCUT2D eigenvalue weighted by Crippen LogP contribution is -2.25. The van der Waals surface area contributed by atoms with E-state index < -0.39 is 0 Å². The lowest BCUT2D eigenvalue weighted by molar-refractivity contribution is 0.161. The van der Waals surface area contributed by atoms with Crippen LogP contribution in [0.1, 0.15) is 32.6 Å². The van der Waals surface area contributed by atoms with Crippen molar-refractivity contribution in [3.05, 3.63) is 0 Å². The summed E-state index contributed by atoms with van der Waals surface area (Å²) >= 11 is 0. The number of rotatable bonds is 4. The maximum absolute atomic E-state index is 9.25. The Morgan fingerprint density at radius 1 is 1.67 bits per heavy atom. The second-order valence-corrected chi connectivity index (χ2v) is 3.21. The minimum absolute atomic E-state index is 0.153. The molecule has 0 saturated heterocycles. The summed E-state index contributed by atoms with van der Waals surface area (Å²) in [7, 11) is 0. The number of hydrogen-bond donors (Lipinski definition) is 2. The van der Waals surface area contributed by atoms with Gasteiger partial charge >= 0.3 is 0 Å². The molecule has 0 spiro atoms. The molecule has 1 aliphatic rings. The fourth-order valence-electron chi connectivity index (χ4n) is 1.27. The van der Waals surface area contributed by atoms with Crippen LogP contribution in [-0.2, 0) is 0 Å². The second kappa shape index (κ2) is 5.14. The highest BCUT2D eigenvalue weighted by molar-refractivity contribution is 5.83. The standard InChI is InChI=1S/C9H18N2O/c1-2-8(12)5-7-11-9-4-3-6-10-9/h8,12H,2-7H2,1H3,(H,10,11). The molecule has 0 radical (unpaired) electrons. The van der Waals surface area contributed by atoms with Gasteiger partial charge in [-0.05, 0) is 19.3 Å². The molecular formula is C9H18N2O. The van der Waals surface area contributed by atoms with Crippen LogP contribution in [-0.4, -0.2) is 30.1 Å². The summed E-state index contributed by atoms with van der Waals surface area (Å²) in [5, 5.41) is 12.5. The molecule has 1 atom stereocenters. The van der Waals surface area contributed by atoms with Crippen molar-refractivity contribution in [2.45, 2.75) is 38.7 Å². The zero-order valence-electron chi connectivity index (χ0n) is 7.71. The van der Waals surface area contributed by atoms with Crippen molar-refractivity contribution in [2.24, 2.45) is 4.99 Å². The first-order valence-corrected chi connectivity index (χ1v) is 4.78. The monoisotopic (exact) mass is 170 g/mol. The first-order chi connectivity index (χ1) is 5.83. The number of nitrogens with zero attached hydrogens (tertiary/aromatic N) is 1. The van der Waals surface area contributed by atoms with Crippen LogP contribution in [0.4, 0.5) is 0 Å². The molecule has 1 rings (SSSR count). The molecule has 0 aromatic carbocycles. The molecule has 3 heteroatoms. The van der Waals surface area contributed by atoms with Crippen molar-refractivity contribution in [3.63, 3.8) is 0 Å². The van der Waals surface area contributed by atoms with Crippen LogP contribution in [0, 0.1) is 0 Å². The average molecular weight is 170 g/mol. The normalized spacial score (nSPS) is 19.0. The van der Waals surface area contributed by atoms with Gasteiger partial charge in [0.25, 0.3) is 0 Å². The van der Waals surface area contributed by atoms with E-state index in [1.807, 2.05) is 6.92 Å². The van der Waals surface area contributed by atoms with Gasteiger partial charge in [0, 0.05) is 19.5 Å². The van der Waals surface area contributed by atoms with Crippen molar-refractivity contribution in [1.29, 1.82) is 0 Å². The summed E-state index contributed by atoms with van der Waals surface area (Å²) in [5.74, 6) is 1.12. The highest BCUT2D eigenvalue weighted by atomic mass is 16.3. The quantitative estimate of drug-likeness (QED) is 0.659. The van der Waals surface area contributed by atoms with E-state index in [1.165, 1.54) is 6.42 Å². The molecule has 0 aromatic rings. The Morgan fingerprint density at radius 3 is 3.08 bits per heavy atom. The van der Waals surface area contributed by atoms with E-state index in [9.17, 15) is 5.11 Å². The molecule has 0 aromatic heterocycles. The molecule has 70 valence electrons. The Bertz CT molecular complexity index is 157. The van der Waals surface area contributed by atoms with Gasteiger partial charge in [-0.1, -0.05) is 6.92 Å². The predicted molar refractivity (Wildman–Crippen MR) is 50.5 cm³/mol. The molecule has 0 bridgehead atoms. The number of hydrogen-bond acceptors (Lipinski definition) is 3. The van der Waals surface area contributed by atoms with Gasteiger partial charge in [0.15, 0.2) is 0 Å². The maximum Gasteiger partial charge on any atom is 0.0963 e. The van der Waals surface area contributed by atoms with Gasteiger partial charge in [0.2, 0.25) is 0 Å². The fourth-order valence-corrected chi connectivity index (χ4v) is 1.27. The molecule has 0 saturated carbocycles. The number of aliphatic hydroxyl groups excluding tert-OH is 1. The average Bonchev–Trinajstić information content (AvgIpc) is 2.57. The maximum atomic E-state index is 9.25. The number of aliphatic hydroxyl groups is 1. The molecule has 0 fully saturated rings. The molecule has 12 heavy (non-hydrogen) atoms. The zero-order chi connectivity index (χ0) is 8.81. The van der Waals surface area contributed by atoms with E-state index >= 15 is 0 Å². The van der Waals surface area contributed by atoms with Crippen molar-refractivity contribution in [1.82, 2.24) is 5.32 Å². The lowest BCUT2D eigenvalue weighted by Gasteiger charge is -2.08. The SMILES string of the molecule is CCC(O)CCNC1=NCCC1. The minimum atomic E-state index is -0.153. The summed E-state index contributed by atoms with van der Waals surface area (Å²) < 4.78 is 0. The van der Waals surface area contributed by atoms with Crippen LogP contribution < -0.4 is 5.32 Å². The van der Waals surface area contributed by atoms with E-state index in [0.717, 1.165) is 38.2 Å². The van der Waals surface area contributed by atoms with Gasteiger partial charge < -0.3 is 10.4 Å². The van der Waals surface area contributed by atoms with E-state index in [0.29, 0.717) is 0 Å². The van der Waals surface area contributed by atoms with Gasteiger partial charge in [-0.2, -0.15) is 0 Å². The van der Waals surface area contributed by atoms with Gasteiger partial charge in [-0.15, -0.1) is 0 Å². The van der Waals surface area contributed by atoms with Gasteiger partial charge in [-0.25, -0.2) is 0 Å². The summed E-state index contributed by atoms with van der Waals surface area (Å²) in [6.45, 7) is 3.82. The third kappa shape index (κ3) is 3.22. The molecule has 3 nitrogen and oxygen atoms in total. The van der Waals surface area contributed by atoms with Crippen LogP contribution >= 0.6 is 0 Å². The number of amidine groups is 1. The Kier molecular flexibility index (Phi) is 4.08. The number of aliphatic imine (C=N–C) groups is 1. The zero-order valence-corrected chi connectivity index (χ0v) is 7.71. The van der Waals surface area contributed by atoms with Gasteiger partial charge in [-0.3, -0.25) is 4.99 Å². The summed E-state index contributed by atoms with van der Waals surface area (Å²) in [5.41, 5.74) is 0. The van der Waals surface area contributed by atoms with Crippen molar-refractivity contribution in [3.8, 4) is 0 Å². The highest BCUT2D eigenvalue weighted by Gasteiger charge is 2.05. The Hall–Kier alpha value is -0.570. The Morgan fingerprint density at radius 2 is 2.50 bits per heavy atom. The van der Waals surface area contributed by atoms with Crippen LogP contribution in [0.5, 0.6) is 0 Å². The first-order valence-electron chi connectivity index (χ1n) is 4.78. The van der Waals surface area contributed by atoms with Gasteiger partial charge in [0.05, 0.1) is 11.9 Å². The third-order valence-corrected chi connectivity index (χ3v) is 2.15. The summed E-state index contributed by atoms with van der Waals surface area (Å²) in [4.78, 5) is 4.28. The summed E-state index contributed by atoms with van der Waals surface area (Å²) in [6.07, 6.45) is 3.78. The molecule has 1 unspecified atom stereocenters. The number of nitrogens with one attached hydrogen (secondary N) is 1. The van der Waals surface area contributed by atoms with E-state index in [4.69, 9.17) is 0 Å². The van der Waals surface area contributed by atoms with Gasteiger partial charge in [0.1, 0.15) is 0 Å². The van der Waals surface area contributed by atoms with Crippen molar-refractivity contribution >= 4 is 5.84 Å². The smallest absolute Gasteiger partial charge is 0.0963 e. The summed E-state index contributed by atoms with van der Waals surface area (Å²) in [6, 6.07) is 0. The van der Waals surface area contributed by atoms with E-state index in [1.54, 1.807) is 0 Å². The highest BCUT2D eigenvalue weighted by Crippen LogP contribution is 2.01. The fraction of sp³-hybridized carbons (Fsp3) is 0.889. The Labute approximate surface area is 73.9 Å². The predicted octanol–water partition coefficient (Wildman–Crippen LogP) is 0.929. The second-order valence-electron chi connectivity index (χ2n) is 3.21. The molecule has 1 aliphatic heterocycles. The van der Waals surface area contributed by atoms with Crippen molar-refractivity contribution in [2.75, 3.05) is 13.1 Å². The third-order valence-electron chi connectivity index (χ3n) is 2.15. The lowest BCUT2D eigenvalue weighted by atomic mass is 10.2. The van der Waals surface area contributed by atoms with Crippen LogP contribution in [0.25, 0.3) is 0 Å². The molecular weight excluding hydrogens is 152 g/mol. The van der Waals surface area contributed by atoms with Crippen LogP contribution in [0.3, 0.4) is 0 Å². The van der Waals surface area contributed by atoms with Crippen molar-refractivity contribution < 1.29 is 5.11 Å². The molecule has 2 N–H and O–H groups in total. The van der Waals surface area contributed by atoms with E-state index in [-0.39, 0.29) is 6.10 Å². The largest absolute Gasteiger partial charge is 0.393 e.